The Bertz CT molecular complexity index is 1210. The van der Waals surface area contributed by atoms with Crippen LogP contribution in [0, 0.1) is 12.7 Å². The molecule has 1 unspecified atom stereocenters. The number of ether oxygens (including phenoxy) is 1. The van der Waals surface area contributed by atoms with Gasteiger partial charge in [-0.25, -0.2) is 9.37 Å². The number of methoxy groups -OCH3 is 1. The molecule has 7 heteroatoms. The Hall–Kier alpha value is -3.71. The van der Waals surface area contributed by atoms with Crippen LogP contribution in [0.3, 0.4) is 0 Å². The molecule has 0 saturated heterocycles. The largest absolute Gasteiger partial charge is 0.495 e. The second kappa shape index (κ2) is 9.42. The van der Waals surface area contributed by atoms with Crippen LogP contribution in [0.15, 0.2) is 72.7 Å². The Kier molecular flexibility index (Phi) is 6.42. The van der Waals surface area contributed by atoms with Crippen LogP contribution >= 0.6 is 0 Å². The van der Waals surface area contributed by atoms with Crippen molar-refractivity contribution in [3.05, 3.63) is 95.4 Å². The minimum atomic E-state index is -0.829. The average molecular weight is 448 g/mol. The summed E-state index contributed by atoms with van der Waals surface area (Å²) in [6.07, 6.45) is 8.26. The number of aromatic nitrogens is 2. The number of aliphatic hydroxyl groups is 1. The molecule has 2 atom stereocenters. The Morgan fingerprint density at radius 2 is 1.97 bits per heavy atom. The standard InChI is InChI=1S/C26H26FN3O3/c1-17-15-29(16-28-17)23-11-6-19(14-24(23)33-3)13-21-5-4-12-30(26(21)32)25(18(2)31)20-7-9-22(27)10-8-20/h4-11,13-16,18,25,31H,12H2,1-3H3/b21-13+/t18-,25?/m1/s1. The third-order valence-electron chi connectivity index (χ3n) is 5.63. The van der Waals surface area contributed by atoms with E-state index in [1.807, 2.05) is 42.0 Å². The van der Waals surface area contributed by atoms with Crippen molar-refractivity contribution < 1.29 is 19.0 Å². The Labute approximate surface area is 192 Å². The van der Waals surface area contributed by atoms with Gasteiger partial charge in [-0.05, 0) is 55.3 Å². The number of benzene rings is 2. The predicted molar refractivity (Wildman–Crippen MR) is 125 cm³/mol. The summed E-state index contributed by atoms with van der Waals surface area (Å²) in [5.41, 5.74) is 3.71. The van der Waals surface area contributed by atoms with Crippen molar-refractivity contribution in [1.29, 1.82) is 0 Å². The first-order chi connectivity index (χ1) is 15.9. The number of aliphatic hydroxyl groups excluding tert-OH is 1. The molecule has 0 spiro atoms. The second-order valence-corrected chi connectivity index (χ2v) is 8.05. The van der Waals surface area contributed by atoms with Crippen LogP contribution in [0.25, 0.3) is 11.8 Å². The minimum absolute atomic E-state index is 0.207. The van der Waals surface area contributed by atoms with Gasteiger partial charge in [-0.2, -0.15) is 0 Å². The number of carbonyl (C=O) groups excluding carboxylic acids is 1. The molecule has 1 aliphatic heterocycles. The van der Waals surface area contributed by atoms with Crippen molar-refractivity contribution in [1.82, 2.24) is 14.5 Å². The van der Waals surface area contributed by atoms with E-state index in [2.05, 4.69) is 4.98 Å². The van der Waals surface area contributed by atoms with E-state index in [1.54, 1.807) is 49.5 Å². The average Bonchev–Trinajstić information content (AvgIpc) is 3.23. The highest BCUT2D eigenvalue weighted by Crippen LogP contribution is 2.30. The van der Waals surface area contributed by atoms with Gasteiger partial charge in [0, 0.05) is 18.3 Å². The molecule has 1 amide bonds. The molecule has 6 nitrogen and oxygen atoms in total. The lowest BCUT2D eigenvalue weighted by Gasteiger charge is -2.35. The first kappa shape index (κ1) is 22.5. The fraction of sp³-hybridized carbons (Fsp3) is 0.231. The Morgan fingerprint density at radius 3 is 2.61 bits per heavy atom. The monoisotopic (exact) mass is 447 g/mol. The van der Waals surface area contributed by atoms with Crippen molar-refractivity contribution in [3.8, 4) is 11.4 Å². The molecule has 0 fully saturated rings. The normalized spacial score (nSPS) is 16.8. The third kappa shape index (κ3) is 4.73. The summed E-state index contributed by atoms with van der Waals surface area (Å²) in [5.74, 6) is 0.0804. The molecule has 0 aliphatic carbocycles. The molecule has 0 bridgehead atoms. The SMILES string of the molecule is COc1cc(/C=C2\C=CCN(C(c3ccc(F)cc3)[C@@H](C)O)C2=O)ccc1-n1cnc(C)c1. The molecular weight excluding hydrogens is 421 g/mol. The van der Waals surface area contributed by atoms with Gasteiger partial charge >= 0.3 is 0 Å². The lowest BCUT2D eigenvalue weighted by Crippen LogP contribution is -2.42. The van der Waals surface area contributed by atoms with Gasteiger partial charge in [-0.1, -0.05) is 30.4 Å². The summed E-state index contributed by atoms with van der Waals surface area (Å²) in [7, 11) is 1.60. The van der Waals surface area contributed by atoms with E-state index in [9.17, 15) is 14.3 Å². The molecule has 0 saturated carbocycles. The van der Waals surface area contributed by atoms with Gasteiger partial charge in [0.1, 0.15) is 11.6 Å². The highest BCUT2D eigenvalue weighted by molar-refractivity contribution is 6.02. The first-order valence-corrected chi connectivity index (χ1v) is 10.7. The molecule has 2 aromatic carbocycles. The number of hydrogen-bond donors (Lipinski definition) is 1. The molecule has 1 N–H and O–H groups in total. The minimum Gasteiger partial charge on any atom is -0.495 e. The van der Waals surface area contributed by atoms with Gasteiger partial charge in [-0.15, -0.1) is 0 Å². The van der Waals surface area contributed by atoms with E-state index >= 15 is 0 Å². The van der Waals surface area contributed by atoms with Gasteiger partial charge in [0.15, 0.2) is 0 Å². The summed E-state index contributed by atoms with van der Waals surface area (Å²) in [6.45, 7) is 3.90. The summed E-state index contributed by atoms with van der Waals surface area (Å²) >= 11 is 0. The van der Waals surface area contributed by atoms with Gasteiger partial charge in [0.25, 0.3) is 5.91 Å². The van der Waals surface area contributed by atoms with E-state index in [4.69, 9.17) is 4.74 Å². The molecular formula is C26H26FN3O3. The van der Waals surface area contributed by atoms with Crippen LogP contribution in [0.2, 0.25) is 0 Å². The van der Waals surface area contributed by atoms with Crippen molar-refractivity contribution in [3.63, 3.8) is 0 Å². The molecule has 33 heavy (non-hydrogen) atoms. The lowest BCUT2D eigenvalue weighted by molar-refractivity contribution is -0.131. The maximum atomic E-state index is 13.4. The number of halogens is 1. The van der Waals surface area contributed by atoms with E-state index in [1.165, 1.54) is 12.1 Å². The number of nitrogens with zero attached hydrogens (tertiary/aromatic N) is 3. The van der Waals surface area contributed by atoms with Crippen molar-refractivity contribution in [2.75, 3.05) is 13.7 Å². The molecule has 170 valence electrons. The zero-order valence-electron chi connectivity index (χ0n) is 18.8. The van der Waals surface area contributed by atoms with Gasteiger partial charge in [0.2, 0.25) is 0 Å². The van der Waals surface area contributed by atoms with Crippen molar-refractivity contribution in [2.45, 2.75) is 26.0 Å². The smallest absolute Gasteiger partial charge is 0.254 e. The highest BCUT2D eigenvalue weighted by atomic mass is 19.1. The third-order valence-corrected chi connectivity index (χ3v) is 5.63. The van der Waals surface area contributed by atoms with E-state index in [0.717, 1.165) is 16.9 Å². The Balaban J connectivity index is 1.65. The number of hydrogen-bond acceptors (Lipinski definition) is 4. The van der Waals surface area contributed by atoms with E-state index < -0.39 is 12.1 Å². The summed E-state index contributed by atoms with van der Waals surface area (Å²) in [4.78, 5) is 19.2. The molecule has 0 radical (unpaired) electrons. The molecule has 2 heterocycles. The van der Waals surface area contributed by atoms with Crippen LogP contribution in [0.1, 0.15) is 29.8 Å². The first-order valence-electron chi connectivity index (χ1n) is 10.7. The maximum absolute atomic E-state index is 13.4. The van der Waals surface area contributed by atoms with E-state index in [-0.39, 0.29) is 11.7 Å². The van der Waals surface area contributed by atoms with Crippen molar-refractivity contribution >= 4 is 12.0 Å². The van der Waals surface area contributed by atoms with Crippen molar-refractivity contribution in [2.24, 2.45) is 0 Å². The Morgan fingerprint density at radius 1 is 1.21 bits per heavy atom. The quantitative estimate of drug-likeness (QED) is 0.574. The topological polar surface area (TPSA) is 67.6 Å². The van der Waals surface area contributed by atoms with Crippen LogP contribution in [0.5, 0.6) is 5.75 Å². The fourth-order valence-electron chi connectivity index (χ4n) is 4.07. The molecule has 1 aromatic heterocycles. The highest BCUT2D eigenvalue weighted by Gasteiger charge is 2.31. The van der Waals surface area contributed by atoms with Crippen LogP contribution < -0.4 is 4.74 Å². The molecule has 1 aliphatic rings. The second-order valence-electron chi connectivity index (χ2n) is 8.05. The molecule has 3 aromatic rings. The van der Waals surface area contributed by atoms with Gasteiger partial charge in [-0.3, -0.25) is 4.79 Å². The lowest BCUT2D eigenvalue weighted by atomic mass is 9.97. The number of imidazole rings is 1. The van der Waals surface area contributed by atoms with Crippen LogP contribution in [-0.2, 0) is 4.79 Å². The number of rotatable bonds is 6. The van der Waals surface area contributed by atoms with E-state index in [0.29, 0.717) is 23.4 Å². The number of aryl methyl sites for hydroxylation is 1. The van der Waals surface area contributed by atoms with Crippen LogP contribution in [-0.4, -0.2) is 45.2 Å². The zero-order valence-corrected chi connectivity index (χ0v) is 18.8. The number of carbonyl (C=O) groups is 1. The van der Waals surface area contributed by atoms with Gasteiger partial charge < -0.3 is 19.3 Å². The fourth-order valence-corrected chi connectivity index (χ4v) is 4.07. The molecule has 4 rings (SSSR count). The zero-order chi connectivity index (χ0) is 23.5. The van der Waals surface area contributed by atoms with Crippen LogP contribution in [0.4, 0.5) is 4.39 Å². The summed E-state index contributed by atoms with van der Waals surface area (Å²) in [5, 5.41) is 10.4. The van der Waals surface area contributed by atoms with Gasteiger partial charge in [0.05, 0.1) is 37.0 Å². The maximum Gasteiger partial charge on any atom is 0.254 e. The summed E-state index contributed by atoms with van der Waals surface area (Å²) in [6, 6.07) is 11.0. The predicted octanol–water partition coefficient (Wildman–Crippen LogP) is 4.23. The summed E-state index contributed by atoms with van der Waals surface area (Å²) < 4.78 is 20.8. The number of amides is 1.